The van der Waals surface area contributed by atoms with E-state index in [1.807, 2.05) is 14.0 Å². The number of halogens is 2. The number of hydrogen-bond donors (Lipinski definition) is 2. The predicted molar refractivity (Wildman–Crippen MR) is 98.1 cm³/mol. The highest BCUT2D eigenvalue weighted by Gasteiger charge is 2.20. The minimum atomic E-state index is -0.488. The van der Waals surface area contributed by atoms with Crippen molar-refractivity contribution in [3.8, 4) is 5.75 Å². The maximum absolute atomic E-state index is 12.4. The molecule has 8 heteroatoms. The molecule has 2 N–H and O–H groups in total. The standard InChI is InChI=1S/C16H21ClN4O2.ClH/c1-4-7-23-14-6-5-12(8-13(14)17)20-16(22)15(18-2)11-9-19-21(3)10-11;/h5-6,8-10,15,18H,4,7H2,1-3H3,(H,20,22);1H. The first-order chi connectivity index (χ1) is 11.0. The third-order valence-electron chi connectivity index (χ3n) is 3.27. The van der Waals surface area contributed by atoms with Crippen molar-refractivity contribution in [2.24, 2.45) is 7.05 Å². The largest absolute Gasteiger partial charge is 0.492 e. The van der Waals surface area contributed by atoms with E-state index in [-0.39, 0.29) is 18.3 Å². The minimum absolute atomic E-state index is 0. The first-order valence-corrected chi connectivity index (χ1v) is 7.82. The van der Waals surface area contributed by atoms with Gasteiger partial charge < -0.3 is 15.4 Å². The fraction of sp³-hybridized carbons (Fsp3) is 0.375. The summed E-state index contributed by atoms with van der Waals surface area (Å²) in [4.78, 5) is 12.4. The van der Waals surface area contributed by atoms with Crippen LogP contribution in [0, 0.1) is 0 Å². The summed E-state index contributed by atoms with van der Waals surface area (Å²) in [5.41, 5.74) is 1.41. The molecule has 132 valence electrons. The van der Waals surface area contributed by atoms with Crippen LogP contribution >= 0.6 is 24.0 Å². The Balaban J connectivity index is 0.00000288. The van der Waals surface area contributed by atoms with E-state index in [4.69, 9.17) is 16.3 Å². The molecule has 0 bridgehead atoms. The van der Waals surface area contributed by atoms with Crippen LogP contribution in [0.15, 0.2) is 30.6 Å². The number of nitrogens with one attached hydrogen (secondary N) is 2. The normalized spacial score (nSPS) is 11.5. The number of anilines is 1. The average molecular weight is 373 g/mol. The van der Waals surface area contributed by atoms with Gasteiger partial charge in [-0.3, -0.25) is 9.48 Å². The highest BCUT2D eigenvalue weighted by atomic mass is 35.5. The highest BCUT2D eigenvalue weighted by Crippen LogP contribution is 2.28. The topological polar surface area (TPSA) is 68.2 Å². The fourth-order valence-corrected chi connectivity index (χ4v) is 2.40. The van der Waals surface area contributed by atoms with E-state index >= 15 is 0 Å². The minimum Gasteiger partial charge on any atom is -0.492 e. The zero-order chi connectivity index (χ0) is 16.8. The summed E-state index contributed by atoms with van der Waals surface area (Å²) in [6.45, 7) is 2.63. The zero-order valence-corrected chi connectivity index (χ0v) is 15.4. The molecule has 0 saturated heterocycles. The Morgan fingerprint density at radius 1 is 1.46 bits per heavy atom. The Morgan fingerprint density at radius 3 is 2.75 bits per heavy atom. The van der Waals surface area contributed by atoms with Crippen LogP contribution in [0.5, 0.6) is 5.75 Å². The van der Waals surface area contributed by atoms with Gasteiger partial charge in [0.2, 0.25) is 5.91 Å². The maximum Gasteiger partial charge on any atom is 0.246 e. The molecular weight excluding hydrogens is 351 g/mol. The Hall–Kier alpha value is -1.76. The van der Waals surface area contributed by atoms with Crippen LogP contribution in [0.3, 0.4) is 0 Å². The predicted octanol–water partition coefficient (Wildman–Crippen LogP) is 3.18. The lowest BCUT2D eigenvalue weighted by molar-refractivity contribution is -0.118. The van der Waals surface area contributed by atoms with Crippen LogP contribution < -0.4 is 15.4 Å². The summed E-state index contributed by atoms with van der Waals surface area (Å²) < 4.78 is 7.18. The summed E-state index contributed by atoms with van der Waals surface area (Å²) in [6, 6.07) is 4.72. The number of amides is 1. The van der Waals surface area contributed by atoms with Crippen molar-refractivity contribution in [2.45, 2.75) is 19.4 Å². The SMILES string of the molecule is CCCOc1ccc(NC(=O)C(NC)c2cnn(C)c2)cc1Cl.Cl. The second kappa shape index (κ2) is 9.52. The molecule has 2 aromatic rings. The molecule has 6 nitrogen and oxygen atoms in total. The van der Waals surface area contributed by atoms with Crippen LogP contribution in [-0.4, -0.2) is 29.3 Å². The summed E-state index contributed by atoms with van der Waals surface area (Å²) in [7, 11) is 3.54. The van der Waals surface area contributed by atoms with E-state index in [0.717, 1.165) is 12.0 Å². The third kappa shape index (κ3) is 5.12. The molecule has 1 aromatic heterocycles. The molecule has 1 unspecified atom stereocenters. The van der Waals surface area contributed by atoms with Gasteiger partial charge in [0.25, 0.3) is 0 Å². The van der Waals surface area contributed by atoms with E-state index in [1.54, 1.807) is 42.3 Å². The summed E-state index contributed by atoms with van der Waals surface area (Å²) in [6.07, 6.45) is 4.37. The molecule has 24 heavy (non-hydrogen) atoms. The molecule has 2 rings (SSSR count). The van der Waals surface area contributed by atoms with Gasteiger partial charge in [0, 0.05) is 24.5 Å². The summed E-state index contributed by atoms with van der Waals surface area (Å²) in [5, 5.41) is 10.4. The number of hydrogen-bond acceptors (Lipinski definition) is 4. The van der Waals surface area contributed by atoms with Crippen molar-refractivity contribution in [3.63, 3.8) is 0 Å². The third-order valence-corrected chi connectivity index (χ3v) is 3.57. The van der Waals surface area contributed by atoms with Gasteiger partial charge in [-0.1, -0.05) is 18.5 Å². The lowest BCUT2D eigenvalue weighted by Crippen LogP contribution is -2.30. The number of aromatic nitrogens is 2. The number of nitrogens with zero attached hydrogens (tertiary/aromatic N) is 2. The lowest BCUT2D eigenvalue weighted by Gasteiger charge is -2.15. The molecule has 0 radical (unpaired) electrons. The van der Waals surface area contributed by atoms with E-state index in [9.17, 15) is 4.79 Å². The molecule has 1 aromatic carbocycles. The fourth-order valence-electron chi connectivity index (χ4n) is 2.16. The first-order valence-electron chi connectivity index (χ1n) is 7.44. The Kier molecular flexibility index (Phi) is 8.04. The molecule has 1 atom stereocenters. The van der Waals surface area contributed by atoms with E-state index < -0.39 is 6.04 Å². The van der Waals surface area contributed by atoms with Gasteiger partial charge in [-0.25, -0.2) is 0 Å². The number of aryl methyl sites for hydroxylation is 1. The molecule has 0 fully saturated rings. The van der Waals surface area contributed by atoms with Gasteiger partial charge in [0.05, 0.1) is 17.8 Å². The summed E-state index contributed by atoms with van der Waals surface area (Å²) >= 11 is 6.18. The van der Waals surface area contributed by atoms with Crippen molar-refractivity contribution >= 4 is 35.6 Å². The molecule has 0 saturated carbocycles. The van der Waals surface area contributed by atoms with Crippen molar-refractivity contribution in [3.05, 3.63) is 41.2 Å². The quantitative estimate of drug-likeness (QED) is 0.782. The van der Waals surface area contributed by atoms with Crippen molar-refractivity contribution in [1.82, 2.24) is 15.1 Å². The lowest BCUT2D eigenvalue weighted by atomic mass is 10.1. The van der Waals surface area contributed by atoms with Crippen molar-refractivity contribution in [1.29, 1.82) is 0 Å². The Bertz CT molecular complexity index is 676. The van der Waals surface area contributed by atoms with E-state index in [2.05, 4.69) is 15.7 Å². The van der Waals surface area contributed by atoms with Crippen molar-refractivity contribution < 1.29 is 9.53 Å². The van der Waals surface area contributed by atoms with Gasteiger partial charge in [0.1, 0.15) is 11.8 Å². The molecule has 0 spiro atoms. The number of rotatable bonds is 7. The molecule has 0 aliphatic rings. The van der Waals surface area contributed by atoms with Crippen molar-refractivity contribution in [2.75, 3.05) is 19.0 Å². The van der Waals surface area contributed by atoms with Gasteiger partial charge in [-0.2, -0.15) is 5.10 Å². The van der Waals surface area contributed by atoms with Crippen LogP contribution in [0.25, 0.3) is 0 Å². The number of carbonyl (C=O) groups excluding carboxylic acids is 1. The number of ether oxygens (including phenoxy) is 1. The number of carbonyl (C=O) groups is 1. The number of likely N-dealkylation sites (N-methyl/N-ethyl adjacent to an activating group) is 1. The van der Waals surface area contributed by atoms with Crippen LogP contribution in [0.4, 0.5) is 5.69 Å². The summed E-state index contributed by atoms with van der Waals surface area (Å²) in [5.74, 6) is 0.433. The van der Waals surface area contributed by atoms with E-state index in [1.165, 1.54) is 0 Å². The van der Waals surface area contributed by atoms with E-state index in [0.29, 0.717) is 23.1 Å². The number of benzene rings is 1. The molecule has 1 amide bonds. The molecule has 1 heterocycles. The average Bonchev–Trinajstić information content (AvgIpc) is 2.93. The first kappa shape index (κ1) is 20.3. The van der Waals surface area contributed by atoms with Gasteiger partial charge >= 0.3 is 0 Å². The molecule has 0 aliphatic heterocycles. The van der Waals surface area contributed by atoms with Gasteiger partial charge in [-0.05, 0) is 31.7 Å². The smallest absolute Gasteiger partial charge is 0.246 e. The Morgan fingerprint density at radius 2 is 2.21 bits per heavy atom. The molecular formula is C16H22Cl2N4O2. The Labute approximate surface area is 152 Å². The second-order valence-corrected chi connectivity index (χ2v) is 5.56. The van der Waals surface area contributed by atoms with Crippen LogP contribution in [0.1, 0.15) is 24.9 Å². The second-order valence-electron chi connectivity index (χ2n) is 5.15. The monoisotopic (exact) mass is 372 g/mol. The van der Waals surface area contributed by atoms with Crippen LogP contribution in [-0.2, 0) is 11.8 Å². The maximum atomic E-state index is 12.4. The van der Waals surface area contributed by atoms with Gasteiger partial charge in [0.15, 0.2) is 0 Å². The molecule has 0 aliphatic carbocycles. The van der Waals surface area contributed by atoms with Crippen LogP contribution in [0.2, 0.25) is 5.02 Å². The van der Waals surface area contributed by atoms with Gasteiger partial charge in [-0.15, -0.1) is 12.4 Å². The highest BCUT2D eigenvalue weighted by molar-refractivity contribution is 6.32. The zero-order valence-electron chi connectivity index (χ0n) is 13.9.